The molecule has 2 rings (SSSR count). The van der Waals surface area contributed by atoms with E-state index in [2.05, 4.69) is 10.6 Å². The summed E-state index contributed by atoms with van der Waals surface area (Å²) in [7, 11) is 0. The molecule has 1 fully saturated rings. The van der Waals surface area contributed by atoms with Gasteiger partial charge in [0, 0.05) is 18.2 Å². The van der Waals surface area contributed by atoms with Gasteiger partial charge in [0.25, 0.3) is 0 Å². The molecular formula is C16H23N3O3. The van der Waals surface area contributed by atoms with Gasteiger partial charge < -0.3 is 20.5 Å². The monoisotopic (exact) mass is 305 g/mol. The highest BCUT2D eigenvalue weighted by Gasteiger charge is 2.15. The molecule has 4 N–H and O–H groups in total. The minimum absolute atomic E-state index is 0.137. The van der Waals surface area contributed by atoms with Crippen LogP contribution >= 0.6 is 0 Å². The summed E-state index contributed by atoms with van der Waals surface area (Å²) in [6.07, 6.45) is 2.20. The average Bonchev–Trinajstić information content (AvgIpc) is 2.54. The van der Waals surface area contributed by atoms with E-state index in [1.807, 2.05) is 12.1 Å². The first-order valence-electron chi connectivity index (χ1n) is 7.58. The third kappa shape index (κ3) is 4.73. The van der Waals surface area contributed by atoms with Gasteiger partial charge in [-0.1, -0.05) is 0 Å². The maximum Gasteiger partial charge on any atom is 0.309 e. The zero-order valence-corrected chi connectivity index (χ0v) is 12.8. The highest BCUT2D eigenvalue weighted by Crippen LogP contribution is 2.14. The van der Waals surface area contributed by atoms with E-state index in [1.165, 1.54) is 0 Å². The molecule has 1 aliphatic heterocycles. The first kappa shape index (κ1) is 16.3. The maximum atomic E-state index is 10.7. The van der Waals surface area contributed by atoms with Crippen LogP contribution in [-0.4, -0.2) is 42.6 Å². The molecule has 1 aromatic rings. The van der Waals surface area contributed by atoms with Gasteiger partial charge in [-0.2, -0.15) is 0 Å². The number of aliphatic carboxylic acids is 1. The van der Waals surface area contributed by atoms with Crippen molar-refractivity contribution in [2.24, 2.45) is 5.92 Å². The van der Waals surface area contributed by atoms with Crippen LogP contribution in [0.5, 0.6) is 5.75 Å². The van der Waals surface area contributed by atoms with Gasteiger partial charge in [0.05, 0.1) is 5.92 Å². The summed E-state index contributed by atoms with van der Waals surface area (Å²) in [5.74, 6) is -0.398. The van der Waals surface area contributed by atoms with Gasteiger partial charge in [-0.05, 0) is 50.6 Å². The Labute approximate surface area is 130 Å². The normalized spacial score (nSPS) is 19.2. The molecule has 0 radical (unpaired) electrons. The molecule has 1 aromatic carbocycles. The number of ether oxygens (including phenoxy) is 1. The summed E-state index contributed by atoms with van der Waals surface area (Å²) in [6, 6.07) is 7.45. The number of amidine groups is 1. The van der Waals surface area contributed by atoms with Crippen LogP contribution in [0.3, 0.4) is 0 Å². The van der Waals surface area contributed by atoms with Crippen LogP contribution in [0.25, 0.3) is 0 Å². The summed E-state index contributed by atoms with van der Waals surface area (Å²) in [6.45, 7) is 3.68. The van der Waals surface area contributed by atoms with Crippen molar-refractivity contribution in [1.29, 1.82) is 5.41 Å². The van der Waals surface area contributed by atoms with E-state index < -0.39 is 11.9 Å². The van der Waals surface area contributed by atoms with Crippen LogP contribution in [-0.2, 0) is 4.79 Å². The number of hydrogen-bond acceptors (Lipinski definition) is 4. The number of carbonyl (C=O) groups is 1. The standard InChI is InChI=1S/C16H23N3O3/c1-11(16(20)21)10-22-14-6-4-12(5-7-14)15(17)19-13-3-2-8-18-9-13/h4-7,11,13,18H,2-3,8-10H2,1H3,(H2,17,19)(H,20,21)/t11-,13-/m0/s1. The van der Waals surface area contributed by atoms with E-state index in [0.717, 1.165) is 31.5 Å². The van der Waals surface area contributed by atoms with E-state index in [9.17, 15) is 4.79 Å². The Balaban J connectivity index is 1.85. The van der Waals surface area contributed by atoms with Gasteiger partial charge in [0.2, 0.25) is 0 Å². The van der Waals surface area contributed by atoms with Crippen LogP contribution in [0.15, 0.2) is 24.3 Å². The number of carboxylic acid groups (broad SMARTS) is 1. The molecule has 1 saturated heterocycles. The molecule has 0 amide bonds. The molecule has 0 spiro atoms. The summed E-state index contributed by atoms with van der Waals surface area (Å²) >= 11 is 0. The second-order valence-electron chi connectivity index (χ2n) is 5.64. The van der Waals surface area contributed by atoms with Crippen molar-refractivity contribution in [1.82, 2.24) is 10.6 Å². The summed E-state index contributed by atoms with van der Waals surface area (Å²) in [4.78, 5) is 10.7. The van der Waals surface area contributed by atoms with Crippen LogP contribution in [0, 0.1) is 11.3 Å². The van der Waals surface area contributed by atoms with Crippen LogP contribution in [0.2, 0.25) is 0 Å². The van der Waals surface area contributed by atoms with Crippen molar-refractivity contribution in [3.8, 4) is 5.75 Å². The van der Waals surface area contributed by atoms with Crippen molar-refractivity contribution in [3.63, 3.8) is 0 Å². The fraction of sp³-hybridized carbons (Fsp3) is 0.500. The SMILES string of the molecule is C[C@@H](COc1ccc(C(=N)N[C@H]2CCCNC2)cc1)C(=O)O. The lowest BCUT2D eigenvalue weighted by Gasteiger charge is -2.25. The Bertz CT molecular complexity index is 510. The van der Waals surface area contributed by atoms with E-state index >= 15 is 0 Å². The highest BCUT2D eigenvalue weighted by atomic mass is 16.5. The molecule has 1 heterocycles. The van der Waals surface area contributed by atoms with Crippen molar-refractivity contribution in [2.75, 3.05) is 19.7 Å². The topological polar surface area (TPSA) is 94.4 Å². The molecule has 22 heavy (non-hydrogen) atoms. The molecule has 0 aromatic heterocycles. The molecule has 6 heteroatoms. The smallest absolute Gasteiger partial charge is 0.309 e. The Morgan fingerprint density at radius 3 is 2.82 bits per heavy atom. The Kier molecular flexibility index (Phi) is 5.77. The fourth-order valence-corrected chi connectivity index (χ4v) is 2.27. The summed E-state index contributed by atoms with van der Waals surface area (Å²) < 4.78 is 5.43. The van der Waals surface area contributed by atoms with Crippen LogP contribution < -0.4 is 15.4 Å². The molecule has 6 nitrogen and oxygen atoms in total. The lowest BCUT2D eigenvalue weighted by Crippen LogP contribution is -2.45. The largest absolute Gasteiger partial charge is 0.493 e. The second-order valence-corrected chi connectivity index (χ2v) is 5.64. The third-order valence-electron chi connectivity index (χ3n) is 3.71. The van der Waals surface area contributed by atoms with E-state index in [4.69, 9.17) is 15.3 Å². The molecular weight excluding hydrogens is 282 g/mol. The summed E-state index contributed by atoms with van der Waals surface area (Å²) in [5.41, 5.74) is 0.796. The molecule has 2 atom stereocenters. The third-order valence-corrected chi connectivity index (χ3v) is 3.71. The minimum atomic E-state index is -0.872. The lowest BCUT2D eigenvalue weighted by atomic mass is 10.1. The van der Waals surface area contributed by atoms with Crippen molar-refractivity contribution < 1.29 is 14.6 Å². The number of nitrogens with one attached hydrogen (secondary N) is 3. The van der Waals surface area contributed by atoms with Crippen molar-refractivity contribution in [2.45, 2.75) is 25.8 Å². The predicted molar refractivity (Wildman–Crippen MR) is 84.6 cm³/mol. The molecule has 120 valence electrons. The predicted octanol–water partition coefficient (Wildman–Crippen LogP) is 1.45. The van der Waals surface area contributed by atoms with Gasteiger partial charge in [0.15, 0.2) is 0 Å². The zero-order valence-electron chi connectivity index (χ0n) is 12.8. The van der Waals surface area contributed by atoms with E-state index in [1.54, 1.807) is 19.1 Å². The van der Waals surface area contributed by atoms with Crippen molar-refractivity contribution in [3.05, 3.63) is 29.8 Å². The van der Waals surface area contributed by atoms with Crippen LogP contribution in [0.4, 0.5) is 0 Å². The second kappa shape index (κ2) is 7.79. The average molecular weight is 305 g/mol. The van der Waals surface area contributed by atoms with Gasteiger partial charge in [0.1, 0.15) is 18.2 Å². The first-order chi connectivity index (χ1) is 10.6. The highest BCUT2D eigenvalue weighted by molar-refractivity contribution is 5.96. The van der Waals surface area contributed by atoms with Gasteiger partial charge in [-0.25, -0.2) is 0 Å². The number of carboxylic acids is 1. The minimum Gasteiger partial charge on any atom is -0.493 e. The summed E-state index contributed by atoms with van der Waals surface area (Å²) in [5, 5.41) is 23.4. The maximum absolute atomic E-state index is 10.7. The number of hydrogen-bond donors (Lipinski definition) is 4. The van der Waals surface area contributed by atoms with Gasteiger partial charge >= 0.3 is 5.97 Å². The number of benzene rings is 1. The van der Waals surface area contributed by atoms with Gasteiger partial charge in [-0.3, -0.25) is 10.2 Å². The van der Waals surface area contributed by atoms with E-state index in [-0.39, 0.29) is 6.61 Å². The first-order valence-corrected chi connectivity index (χ1v) is 7.58. The molecule has 0 aliphatic carbocycles. The quantitative estimate of drug-likeness (QED) is 0.471. The number of rotatable bonds is 6. The number of piperidine rings is 1. The Hall–Kier alpha value is -2.08. The Morgan fingerprint density at radius 2 is 2.23 bits per heavy atom. The van der Waals surface area contributed by atoms with Crippen LogP contribution in [0.1, 0.15) is 25.3 Å². The zero-order chi connectivity index (χ0) is 15.9. The van der Waals surface area contributed by atoms with E-state index in [0.29, 0.717) is 17.6 Å². The fourth-order valence-electron chi connectivity index (χ4n) is 2.27. The molecule has 1 aliphatic rings. The molecule has 0 saturated carbocycles. The molecule has 0 bridgehead atoms. The lowest BCUT2D eigenvalue weighted by molar-refractivity contribution is -0.142. The van der Waals surface area contributed by atoms with Gasteiger partial charge in [-0.15, -0.1) is 0 Å². The van der Waals surface area contributed by atoms with Crippen molar-refractivity contribution >= 4 is 11.8 Å². The molecule has 0 unspecified atom stereocenters. The Morgan fingerprint density at radius 1 is 1.50 bits per heavy atom.